The van der Waals surface area contributed by atoms with E-state index in [9.17, 15) is 9.59 Å². The van der Waals surface area contributed by atoms with E-state index in [1.54, 1.807) is 0 Å². The molecule has 0 heterocycles. The van der Waals surface area contributed by atoms with Crippen LogP contribution in [0.25, 0.3) is 0 Å². The number of amides is 2. The SMILES string of the molecule is CCCC(=O)NC(C(=O)N(CCc1ccccc1)Cc1ccccc1)C(C)CC. The minimum absolute atomic E-state index is 0.00332. The van der Waals surface area contributed by atoms with Gasteiger partial charge >= 0.3 is 0 Å². The smallest absolute Gasteiger partial charge is 0.245 e. The Hall–Kier alpha value is -2.62. The van der Waals surface area contributed by atoms with Gasteiger partial charge in [-0.2, -0.15) is 0 Å². The number of nitrogens with one attached hydrogen (secondary N) is 1. The van der Waals surface area contributed by atoms with Gasteiger partial charge in [0.1, 0.15) is 6.04 Å². The van der Waals surface area contributed by atoms with E-state index in [2.05, 4.69) is 24.4 Å². The third kappa shape index (κ3) is 7.37. The lowest BCUT2D eigenvalue weighted by Gasteiger charge is -2.31. The van der Waals surface area contributed by atoms with Crippen LogP contribution in [0.3, 0.4) is 0 Å². The van der Waals surface area contributed by atoms with Crippen LogP contribution >= 0.6 is 0 Å². The lowest BCUT2D eigenvalue weighted by atomic mass is 9.97. The highest BCUT2D eigenvalue weighted by atomic mass is 16.2. The number of carbonyl (C=O) groups is 2. The zero-order chi connectivity index (χ0) is 21.1. The molecule has 4 heteroatoms. The fourth-order valence-electron chi connectivity index (χ4n) is 3.33. The van der Waals surface area contributed by atoms with Gasteiger partial charge in [0.05, 0.1) is 0 Å². The van der Waals surface area contributed by atoms with Crippen molar-refractivity contribution in [1.29, 1.82) is 0 Å². The molecule has 29 heavy (non-hydrogen) atoms. The van der Waals surface area contributed by atoms with Crippen LogP contribution in [0, 0.1) is 5.92 Å². The van der Waals surface area contributed by atoms with Crippen molar-refractivity contribution in [3.05, 3.63) is 71.8 Å². The van der Waals surface area contributed by atoms with Crippen LogP contribution in [-0.4, -0.2) is 29.3 Å². The highest BCUT2D eigenvalue weighted by Crippen LogP contribution is 2.15. The van der Waals surface area contributed by atoms with Crippen LogP contribution in [0.4, 0.5) is 0 Å². The van der Waals surface area contributed by atoms with Crippen LogP contribution in [0.15, 0.2) is 60.7 Å². The molecule has 0 aliphatic carbocycles. The second kappa shape index (κ2) is 12.1. The van der Waals surface area contributed by atoms with Crippen molar-refractivity contribution in [3.63, 3.8) is 0 Å². The quantitative estimate of drug-likeness (QED) is 0.606. The molecule has 2 atom stereocenters. The van der Waals surface area contributed by atoms with Crippen molar-refractivity contribution >= 4 is 11.8 Å². The lowest BCUT2D eigenvalue weighted by Crippen LogP contribution is -2.51. The van der Waals surface area contributed by atoms with Crippen molar-refractivity contribution < 1.29 is 9.59 Å². The molecule has 0 saturated heterocycles. The summed E-state index contributed by atoms with van der Waals surface area (Å²) in [4.78, 5) is 27.7. The Morgan fingerprint density at radius 1 is 0.931 bits per heavy atom. The average Bonchev–Trinajstić information content (AvgIpc) is 2.75. The normalized spacial score (nSPS) is 12.8. The second-order valence-electron chi connectivity index (χ2n) is 7.66. The highest BCUT2D eigenvalue weighted by Gasteiger charge is 2.29. The zero-order valence-corrected chi connectivity index (χ0v) is 17.9. The highest BCUT2D eigenvalue weighted by molar-refractivity contribution is 5.88. The van der Waals surface area contributed by atoms with Gasteiger partial charge in [-0.3, -0.25) is 9.59 Å². The first kappa shape index (κ1) is 22.7. The van der Waals surface area contributed by atoms with E-state index in [0.29, 0.717) is 19.5 Å². The van der Waals surface area contributed by atoms with Crippen LogP contribution in [-0.2, 0) is 22.6 Å². The van der Waals surface area contributed by atoms with Crippen molar-refractivity contribution in [2.75, 3.05) is 6.54 Å². The summed E-state index contributed by atoms with van der Waals surface area (Å²) in [5, 5.41) is 3.00. The number of benzene rings is 2. The zero-order valence-electron chi connectivity index (χ0n) is 17.9. The maximum absolute atomic E-state index is 13.5. The molecule has 0 spiro atoms. The second-order valence-corrected chi connectivity index (χ2v) is 7.66. The van der Waals surface area contributed by atoms with E-state index < -0.39 is 6.04 Å². The molecule has 4 nitrogen and oxygen atoms in total. The van der Waals surface area contributed by atoms with Gasteiger partial charge in [0.25, 0.3) is 0 Å². The number of hydrogen-bond donors (Lipinski definition) is 1. The van der Waals surface area contributed by atoms with Gasteiger partial charge in [-0.15, -0.1) is 0 Å². The van der Waals surface area contributed by atoms with Crippen LogP contribution < -0.4 is 5.32 Å². The maximum Gasteiger partial charge on any atom is 0.245 e. The molecule has 0 saturated carbocycles. The van der Waals surface area contributed by atoms with Crippen LogP contribution in [0.1, 0.15) is 51.2 Å². The largest absolute Gasteiger partial charge is 0.344 e. The minimum atomic E-state index is -0.487. The molecule has 0 radical (unpaired) electrons. The summed E-state index contributed by atoms with van der Waals surface area (Å²) in [6.07, 6.45) is 2.84. The summed E-state index contributed by atoms with van der Waals surface area (Å²) >= 11 is 0. The van der Waals surface area contributed by atoms with Crippen molar-refractivity contribution in [3.8, 4) is 0 Å². The Balaban J connectivity index is 2.20. The fraction of sp³-hybridized carbons (Fsp3) is 0.440. The fourth-order valence-corrected chi connectivity index (χ4v) is 3.33. The average molecular weight is 395 g/mol. The van der Waals surface area contributed by atoms with Gasteiger partial charge in [-0.1, -0.05) is 87.9 Å². The molecule has 0 aromatic heterocycles. The van der Waals surface area contributed by atoms with E-state index in [0.717, 1.165) is 24.8 Å². The number of hydrogen-bond acceptors (Lipinski definition) is 2. The third-order valence-corrected chi connectivity index (χ3v) is 5.31. The third-order valence-electron chi connectivity index (χ3n) is 5.31. The molecule has 2 unspecified atom stereocenters. The first-order valence-corrected chi connectivity index (χ1v) is 10.7. The molecule has 0 fully saturated rings. The molecule has 2 rings (SSSR count). The monoisotopic (exact) mass is 394 g/mol. The molecule has 2 aromatic rings. The van der Waals surface area contributed by atoms with E-state index in [1.165, 1.54) is 5.56 Å². The molecule has 0 aliphatic heterocycles. The Labute approximate surface area is 175 Å². The summed E-state index contributed by atoms with van der Waals surface area (Å²) in [5.74, 6) is 0.0377. The predicted molar refractivity (Wildman–Crippen MR) is 118 cm³/mol. The van der Waals surface area contributed by atoms with Gasteiger partial charge in [-0.05, 0) is 29.9 Å². The molecule has 2 aromatic carbocycles. The van der Waals surface area contributed by atoms with E-state index >= 15 is 0 Å². The van der Waals surface area contributed by atoms with Gasteiger partial charge in [0, 0.05) is 19.5 Å². The van der Waals surface area contributed by atoms with Crippen molar-refractivity contribution in [2.45, 2.75) is 59.0 Å². The minimum Gasteiger partial charge on any atom is -0.344 e. The molecule has 1 N–H and O–H groups in total. The summed E-state index contributed by atoms with van der Waals surface area (Å²) in [5.41, 5.74) is 2.30. The lowest BCUT2D eigenvalue weighted by molar-refractivity contribution is -0.138. The molecule has 156 valence electrons. The number of rotatable bonds is 11. The Bertz CT molecular complexity index is 746. The Morgan fingerprint density at radius 2 is 1.52 bits per heavy atom. The molecular weight excluding hydrogens is 360 g/mol. The summed E-state index contributed by atoms with van der Waals surface area (Å²) < 4.78 is 0. The van der Waals surface area contributed by atoms with Crippen molar-refractivity contribution in [2.24, 2.45) is 5.92 Å². The standard InChI is InChI=1S/C25H34N2O2/c1-4-12-23(28)26-24(20(3)5-2)25(29)27(19-22-15-10-7-11-16-22)18-17-21-13-8-6-9-14-21/h6-11,13-16,20,24H,4-5,12,17-19H2,1-3H3,(H,26,28). The summed E-state index contributed by atoms with van der Waals surface area (Å²) in [6.45, 7) is 7.23. The summed E-state index contributed by atoms with van der Waals surface area (Å²) in [7, 11) is 0. The van der Waals surface area contributed by atoms with Gasteiger partial charge < -0.3 is 10.2 Å². The van der Waals surface area contributed by atoms with E-state index in [4.69, 9.17) is 0 Å². The van der Waals surface area contributed by atoms with E-state index in [-0.39, 0.29) is 17.7 Å². The van der Waals surface area contributed by atoms with E-state index in [1.807, 2.05) is 67.3 Å². The maximum atomic E-state index is 13.5. The molecule has 0 aliphatic rings. The summed E-state index contributed by atoms with van der Waals surface area (Å²) in [6, 6.07) is 19.8. The molecule has 0 bridgehead atoms. The number of nitrogens with zero attached hydrogens (tertiary/aromatic N) is 1. The van der Waals surface area contributed by atoms with Gasteiger partial charge in [0.2, 0.25) is 11.8 Å². The van der Waals surface area contributed by atoms with Crippen LogP contribution in [0.5, 0.6) is 0 Å². The topological polar surface area (TPSA) is 49.4 Å². The van der Waals surface area contributed by atoms with Crippen molar-refractivity contribution in [1.82, 2.24) is 10.2 Å². The Morgan fingerprint density at radius 3 is 2.07 bits per heavy atom. The van der Waals surface area contributed by atoms with Gasteiger partial charge in [-0.25, -0.2) is 0 Å². The van der Waals surface area contributed by atoms with Gasteiger partial charge in [0.15, 0.2) is 0 Å². The predicted octanol–water partition coefficient (Wildman–Crippen LogP) is 4.59. The Kier molecular flexibility index (Phi) is 9.42. The first-order chi connectivity index (χ1) is 14.0. The molecular formula is C25H34N2O2. The number of carbonyl (C=O) groups excluding carboxylic acids is 2. The first-order valence-electron chi connectivity index (χ1n) is 10.7. The molecule has 2 amide bonds. The van der Waals surface area contributed by atoms with Crippen LogP contribution in [0.2, 0.25) is 0 Å².